The number of hydroxylamine groups is 2. The van der Waals surface area contributed by atoms with Crippen molar-refractivity contribution in [3.63, 3.8) is 0 Å². The van der Waals surface area contributed by atoms with E-state index in [9.17, 15) is 19.5 Å². The van der Waals surface area contributed by atoms with E-state index in [1.807, 2.05) is 24.3 Å². The first-order valence-electron chi connectivity index (χ1n) is 15.8. The predicted octanol–water partition coefficient (Wildman–Crippen LogP) is 2.99. The Bertz CT molecular complexity index is 1300. The second-order valence-corrected chi connectivity index (χ2v) is 15.5. The third kappa shape index (κ3) is 5.36. The average Bonchev–Trinajstić information content (AvgIpc) is 3.90. The zero-order valence-electron chi connectivity index (χ0n) is 25.3. The number of carbonyl (C=O) groups is 3. The van der Waals surface area contributed by atoms with Gasteiger partial charge in [-0.25, -0.2) is 0 Å². The fourth-order valence-corrected chi connectivity index (χ4v) is 8.01. The zero-order valence-corrected chi connectivity index (χ0v) is 27.5. The van der Waals surface area contributed by atoms with Crippen LogP contribution in [0.15, 0.2) is 24.3 Å². The number of benzene rings is 1. The Morgan fingerprint density at radius 2 is 1.77 bits per heavy atom. The average molecular weight is 725 g/mol. The van der Waals surface area contributed by atoms with Gasteiger partial charge in [0.25, 0.3) is 0 Å². The fraction of sp³-hybridized carbons (Fsp3) is 0.719. The molecule has 2 bridgehead atoms. The zero-order chi connectivity index (χ0) is 31.0. The van der Waals surface area contributed by atoms with Crippen molar-refractivity contribution in [2.75, 3.05) is 6.61 Å². The fourth-order valence-electron chi connectivity index (χ4n) is 7.65. The lowest BCUT2D eigenvalue weighted by atomic mass is 9.62. The van der Waals surface area contributed by atoms with Gasteiger partial charge >= 0.3 is 11.9 Å². The van der Waals surface area contributed by atoms with Crippen molar-refractivity contribution in [3.05, 3.63) is 33.4 Å². The molecule has 7 rings (SSSR count). The number of fused-ring (bicyclic) bond motifs is 4. The Morgan fingerprint density at radius 1 is 1.11 bits per heavy atom. The normalized spacial score (nSPS) is 34.7. The lowest BCUT2D eigenvalue weighted by molar-refractivity contribution is -0.235. The molecule has 3 saturated heterocycles. The molecule has 0 aromatic heterocycles. The minimum Gasteiger partial charge on any atom is -0.460 e. The molecule has 44 heavy (non-hydrogen) atoms. The number of nitrogens with one attached hydrogen (secondary N) is 1. The first-order chi connectivity index (χ1) is 20.9. The van der Waals surface area contributed by atoms with Crippen molar-refractivity contribution < 1.29 is 43.3 Å². The first-order valence-corrected chi connectivity index (χ1v) is 16.9. The summed E-state index contributed by atoms with van der Waals surface area (Å²) in [6, 6.07) is 6.17. The van der Waals surface area contributed by atoms with Gasteiger partial charge in [0.15, 0.2) is 11.8 Å². The minimum atomic E-state index is -1.34. The van der Waals surface area contributed by atoms with Crippen LogP contribution in [0.2, 0.25) is 0 Å². The summed E-state index contributed by atoms with van der Waals surface area (Å²) in [5.74, 6) is -1.53. The third-order valence-electron chi connectivity index (χ3n) is 9.83. The van der Waals surface area contributed by atoms with Crippen LogP contribution in [-0.4, -0.2) is 82.5 Å². The highest BCUT2D eigenvalue weighted by Gasteiger charge is 2.78. The molecule has 11 nitrogen and oxygen atoms in total. The Labute approximate surface area is 270 Å². The van der Waals surface area contributed by atoms with Gasteiger partial charge in [-0.15, -0.1) is 0 Å². The molecule has 7 unspecified atom stereocenters. The summed E-state index contributed by atoms with van der Waals surface area (Å²) in [6.07, 6.45) is 1.91. The van der Waals surface area contributed by atoms with E-state index >= 15 is 0 Å². The van der Waals surface area contributed by atoms with Crippen molar-refractivity contribution >= 4 is 40.4 Å². The number of nitrogens with zero attached hydrogens (tertiary/aromatic N) is 1. The number of ether oxygens (including phenoxy) is 4. The topological polar surface area (TPSA) is 133 Å². The summed E-state index contributed by atoms with van der Waals surface area (Å²) in [5, 5.41) is 14.8. The highest BCUT2D eigenvalue weighted by atomic mass is 127. The number of esters is 2. The molecule has 6 aliphatic rings. The molecule has 3 aliphatic heterocycles. The quantitative estimate of drug-likeness (QED) is 0.274. The van der Waals surface area contributed by atoms with Crippen molar-refractivity contribution in [2.45, 2.75) is 120 Å². The van der Waals surface area contributed by atoms with Crippen LogP contribution in [0.5, 0.6) is 0 Å². The van der Waals surface area contributed by atoms with E-state index in [4.69, 9.17) is 23.8 Å². The lowest BCUT2D eigenvalue weighted by Crippen LogP contribution is -2.70. The maximum Gasteiger partial charge on any atom is 0.327 e. The first kappa shape index (κ1) is 30.8. The number of halogens is 1. The van der Waals surface area contributed by atoms with Gasteiger partial charge in [0.2, 0.25) is 5.91 Å². The van der Waals surface area contributed by atoms with Gasteiger partial charge in [0.1, 0.15) is 35.4 Å². The van der Waals surface area contributed by atoms with Gasteiger partial charge in [-0.3, -0.25) is 19.2 Å². The van der Waals surface area contributed by atoms with E-state index in [1.54, 1.807) is 25.8 Å². The predicted molar refractivity (Wildman–Crippen MR) is 162 cm³/mol. The van der Waals surface area contributed by atoms with Crippen molar-refractivity contribution in [2.24, 2.45) is 17.3 Å². The van der Waals surface area contributed by atoms with Crippen LogP contribution in [0.3, 0.4) is 0 Å². The highest BCUT2D eigenvalue weighted by Crippen LogP contribution is 2.63. The van der Waals surface area contributed by atoms with Crippen LogP contribution in [0.25, 0.3) is 0 Å². The van der Waals surface area contributed by atoms with Gasteiger partial charge < -0.3 is 29.4 Å². The molecule has 7 atom stereocenters. The van der Waals surface area contributed by atoms with Gasteiger partial charge in [-0.2, -0.15) is 5.06 Å². The minimum absolute atomic E-state index is 0.0235. The number of carbonyl (C=O) groups excluding carboxylic acids is 3. The van der Waals surface area contributed by atoms with E-state index in [2.05, 4.69) is 27.9 Å². The lowest BCUT2D eigenvalue weighted by Gasteiger charge is -2.49. The molecule has 1 amide bonds. The molecule has 3 saturated carbocycles. The molecule has 3 heterocycles. The van der Waals surface area contributed by atoms with E-state index < -0.39 is 71.1 Å². The summed E-state index contributed by atoms with van der Waals surface area (Å²) >= 11 is 2.24. The molecule has 1 aromatic carbocycles. The SMILES string of the molecule is CC(C)(C)OC(=O)CCC(CO)NC(=O)C12CC3OC(=O)C1N(Cc1ccc(I)cc1)OC2C1OC(C2CC2)(C2CC2)OC31. The Balaban J connectivity index is 1.19. The van der Waals surface area contributed by atoms with Crippen molar-refractivity contribution in [1.82, 2.24) is 10.4 Å². The van der Waals surface area contributed by atoms with Gasteiger partial charge in [0.05, 0.1) is 19.2 Å². The summed E-state index contributed by atoms with van der Waals surface area (Å²) in [5.41, 5.74) is -1.05. The van der Waals surface area contributed by atoms with Crippen LogP contribution < -0.4 is 5.32 Å². The molecular weight excluding hydrogens is 683 g/mol. The second kappa shape index (κ2) is 11.2. The number of aliphatic hydroxyl groups excluding tert-OH is 1. The number of hydrogen-bond acceptors (Lipinski definition) is 10. The van der Waals surface area contributed by atoms with Crippen LogP contribution in [0.4, 0.5) is 0 Å². The number of amides is 1. The summed E-state index contributed by atoms with van der Waals surface area (Å²) < 4.78 is 26.2. The van der Waals surface area contributed by atoms with Crippen molar-refractivity contribution in [3.8, 4) is 0 Å². The smallest absolute Gasteiger partial charge is 0.327 e. The molecule has 12 heteroatoms. The standard InChI is InChI=1S/C32H41IN2O9/c1-30(2,3)41-23(37)13-12-21(16-36)34-29(39)31-14-22-24-25(43-32(42-24,18-6-7-18)19-8-9-19)27(31)44-35(26(31)28(38)40-22)15-17-4-10-20(33)11-5-17/h4-5,10-11,18-19,21-22,24-27,36H,6-9,12-16H2,1-3H3,(H,34,39). The van der Waals surface area contributed by atoms with E-state index in [0.29, 0.717) is 0 Å². The Morgan fingerprint density at radius 3 is 2.39 bits per heavy atom. The van der Waals surface area contributed by atoms with Crippen molar-refractivity contribution in [1.29, 1.82) is 0 Å². The van der Waals surface area contributed by atoms with E-state index in [1.165, 1.54) is 0 Å². The van der Waals surface area contributed by atoms with Crippen LogP contribution in [0.1, 0.15) is 71.3 Å². The maximum absolute atomic E-state index is 14.5. The molecule has 0 spiro atoms. The largest absolute Gasteiger partial charge is 0.460 e. The summed E-state index contributed by atoms with van der Waals surface area (Å²) in [7, 11) is 0. The van der Waals surface area contributed by atoms with Gasteiger partial charge in [-0.05, 0) is 93.2 Å². The number of rotatable bonds is 10. The molecule has 6 fully saturated rings. The molecular formula is C32H41IN2O9. The van der Waals surface area contributed by atoms with Crippen LogP contribution in [-0.2, 0) is 44.7 Å². The highest BCUT2D eigenvalue weighted by molar-refractivity contribution is 14.1. The van der Waals surface area contributed by atoms with Crippen LogP contribution >= 0.6 is 22.6 Å². The second-order valence-electron chi connectivity index (χ2n) is 14.3. The molecule has 3 aliphatic carbocycles. The monoisotopic (exact) mass is 724 g/mol. The third-order valence-corrected chi connectivity index (χ3v) is 10.6. The maximum atomic E-state index is 14.5. The number of aliphatic hydroxyl groups is 1. The summed E-state index contributed by atoms with van der Waals surface area (Å²) in [6.45, 7) is 5.26. The van der Waals surface area contributed by atoms with Gasteiger partial charge in [0, 0.05) is 28.2 Å². The molecule has 0 radical (unpaired) electrons. The Kier molecular flexibility index (Phi) is 7.80. The molecule has 2 N–H and O–H groups in total. The molecule has 1 aromatic rings. The summed E-state index contributed by atoms with van der Waals surface area (Å²) in [4.78, 5) is 47.4. The van der Waals surface area contributed by atoms with Gasteiger partial charge in [-0.1, -0.05) is 12.1 Å². The van der Waals surface area contributed by atoms with Crippen LogP contribution in [0, 0.1) is 20.8 Å². The van der Waals surface area contributed by atoms with E-state index in [-0.39, 0.29) is 44.2 Å². The molecule has 240 valence electrons. The van der Waals surface area contributed by atoms with E-state index in [0.717, 1.165) is 34.8 Å². The Hall–Kier alpha value is -1.84. The number of hydrogen-bond donors (Lipinski definition) is 2.